The smallest absolute Gasteiger partial charge is 0.270 e. The van der Waals surface area contributed by atoms with Crippen LogP contribution in [0.3, 0.4) is 0 Å². The van der Waals surface area contributed by atoms with E-state index in [1.54, 1.807) is 12.1 Å². The van der Waals surface area contributed by atoms with Crippen LogP contribution < -0.4 is 10.6 Å². The molecule has 4 aromatic carbocycles. The van der Waals surface area contributed by atoms with Crippen molar-refractivity contribution in [3.05, 3.63) is 106 Å². The van der Waals surface area contributed by atoms with Gasteiger partial charge in [0.1, 0.15) is 5.75 Å². The Morgan fingerprint density at radius 1 is 1.02 bits per heavy atom. The molecule has 2 aliphatic rings. The highest BCUT2D eigenvalue weighted by molar-refractivity contribution is 6.34. The number of carbonyl (C=O) groups is 2. The van der Waals surface area contributed by atoms with Crippen molar-refractivity contribution in [2.75, 3.05) is 10.6 Å². The molecule has 7 rings (SSSR count). The first kappa shape index (κ1) is 25.0. The fourth-order valence-corrected chi connectivity index (χ4v) is 6.14. The Balaban J connectivity index is 1.21. The quantitative estimate of drug-likeness (QED) is 0.213. The largest absolute Gasteiger partial charge is 0.507 e. The van der Waals surface area contributed by atoms with Gasteiger partial charge in [0, 0.05) is 28.3 Å². The lowest BCUT2D eigenvalue weighted by Gasteiger charge is -2.14. The number of phenols is 1. The zero-order valence-corrected chi connectivity index (χ0v) is 22.5. The number of phenolic OH excluding ortho intramolecular Hbond substituents is 1. The minimum absolute atomic E-state index is 0.0704. The number of hydrogen-bond acceptors (Lipinski definition) is 6. The molecule has 0 saturated heterocycles. The molecule has 0 bridgehead atoms. The second-order valence-electron chi connectivity index (χ2n) is 10.4. The van der Waals surface area contributed by atoms with Crippen LogP contribution in [-0.4, -0.2) is 37.5 Å². The summed E-state index contributed by atoms with van der Waals surface area (Å²) in [7, 11) is 0. The van der Waals surface area contributed by atoms with Gasteiger partial charge in [-0.15, -0.1) is 5.10 Å². The van der Waals surface area contributed by atoms with E-state index in [1.807, 2.05) is 73.7 Å². The highest BCUT2D eigenvalue weighted by Crippen LogP contribution is 2.65. The summed E-state index contributed by atoms with van der Waals surface area (Å²) in [5.41, 5.74) is 6.40. The van der Waals surface area contributed by atoms with E-state index in [-0.39, 0.29) is 29.4 Å². The molecule has 10 heteroatoms. The predicted octanol–water partition coefficient (Wildman–Crippen LogP) is 5.83. The Morgan fingerprint density at radius 2 is 1.78 bits per heavy atom. The molecule has 1 saturated carbocycles. The molecule has 1 aliphatic carbocycles. The zero-order chi connectivity index (χ0) is 28.3. The number of rotatable bonds is 5. The number of nitrogens with one attached hydrogen (secondary N) is 3. The average molecular weight is 563 g/mol. The summed E-state index contributed by atoms with van der Waals surface area (Å²) in [4.78, 5) is 26.3. The molecular formula is C31H23ClN6O3. The van der Waals surface area contributed by atoms with Crippen molar-refractivity contribution in [1.29, 1.82) is 0 Å². The van der Waals surface area contributed by atoms with Gasteiger partial charge in [0.05, 0.1) is 10.4 Å². The van der Waals surface area contributed by atoms with E-state index in [2.05, 4.69) is 31.3 Å². The molecule has 4 N–H and O–H groups in total. The average Bonchev–Trinajstić information content (AvgIpc) is 3.40. The Bertz CT molecular complexity index is 1850. The van der Waals surface area contributed by atoms with Crippen molar-refractivity contribution in [3.8, 4) is 28.0 Å². The fourth-order valence-electron chi connectivity index (χ4n) is 5.87. The monoisotopic (exact) mass is 562 g/mol. The molecule has 5 aromatic rings. The minimum Gasteiger partial charge on any atom is -0.507 e. The van der Waals surface area contributed by atoms with E-state index in [1.165, 1.54) is 0 Å². The Morgan fingerprint density at radius 3 is 2.51 bits per heavy atom. The highest BCUT2D eigenvalue weighted by atomic mass is 35.5. The summed E-state index contributed by atoms with van der Waals surface area (Å²) in [5, 5.41) is 29.8. The van der Waals surface area contributed by atoms with Gasteiger partial charge < -0.3 is 10.4 Å². The van der Waals surface area contributed by atoms with E-state index in [9.17, 15) is 14.7 Å². The number of hydrogen-bond donors (Lipinski definition) is 4. The van der Waals surface area contributed by atoms with Gasteiger partial charge in [-0.1, -0.05) is 71.3 Å². The molecule has 1 aliphatic heterocycles. The molecule has 41 heavy (non-hydrogen) atoms. The van der Waals surface area contributed by atoms with E-state index in [0.29, 0.717) is 22.7 Å². The number of halogens is 1. The van der Waals surface area contributed by atoms with E-state index < -0.39 is 5.41 Å². The highest BCUT2D eigenvalue weighted by Gasteiger charge is 2.65. The topological polar surface area (TPSA) is 133 Å². The van der Waals surface area contributed by atoms with Crippen LogP contribution in [0.1, 0.15) is 39.4 Å². The number of nitrogens with zero attached hydrogens (tertiary/aromatic N) is 3. The summed E-state index contributed by atoms with van der Waals surface area (Å²) in [6.45, 7) is 1.86. The molecule has 2 heterocycles. The predicted molar refractivity (Wildman–Crippen MR) is 155 cm³/mol. The maximum absolute atomic E-state index is 13.4. The van der Waals surface area contributed by atoms with Gasteiger partial charge in [0.2, 0.25) is 5.91 Å². The van der Waals surface area contributed by atoms with E-state index in [4.69, 9.17) is 11.6 Å². The van der Waals surface area contributed by atoms with Crippen molar-refractivity contribution in [1.82, 2.24) is 20.6 Å². The number of fused-ring (bicyclic) bond motifs is 2. The maximum Gasteiger partial charge on any atom is 0.270 e. The number of aromatic hydroxyl groups is 1. The first-order valence-corrected chi connectivity index (χ1v) is 13.4. The third-order valence-electron chi connectivity index (χ3n) is 8.09. The van der Waals surface area contributed by atoms with Gasteiger partial charge in [0.15, 0.2) is 0 Å². The molecule has 1 aromatic heterocycles. The normalized spacial score (nSPS) is 18.7. The summed E-state index contributed by atoms with van der Waals surface area (Å²) in [6, 6.07) is 24.5. The molecule has 2 atom stereocenters. The SMILES string of the molecule is Cc1ccc(C2CC23C(=O)Nc2cc(Cl)c(-c4ccc(-c5ccccc5O)cc4)cc23)cc1C(=O)Nc1nn[nH]n1. The summed E-state index contributed by atoms with van der Waals surface area (Å²) in [6.07, 6.45) is 0.619. The number of H-pyrrole nitrogens is 1. The zero-order valence-electron chi connectivity index (χ0n) is 21.8. The van der Waals surface area contributed by atoms with Crippen LogP contribution >= 0.6 is 11.6 Å². The molecule has 1 spiro atoms. The molecular weight excluding hydrogens is 540 g/mol. The summed E-state index contributed by atoms with van der Waals surface area (Å²) >= 11 is 6.72. The number of anilines is 2. The van der Waals surface area contributed by atoms with Crippen molar-refractivity contribution in [2.24, 2.45) is 0 Å². The number of aromatic amines is 1. The van der Waals surface area contributed by atoms with Crippen LogP contribution in [0.25, 0.3) is 22.3 Å². The molecule has 9 nitrogen and oxygen atoms in total. The second-order valence-corrected chi connectivity index (χ2v) is 10.8. The first-order chi connectivity index (χ1) is 19.8. The number of benzene rings is 4. The lowest BCUT2D eigenvalue weighted by molar-refractivity contribution is -0.118. The lowest BCUT2D eigenvalue weighted by Crippen LogP contribution is -2.21. The van der Waals surface area contributed by atoms with E-state index in [0.717, 1.165) is 38.9 Å². The van der Waals surface area contributed by atoms with Crippen LogP contribution in [0.5, 0.6) is 5.75 Å². The van der Waals surface area contributed by atoms with E-state index >= 15 is 0 Å². The number of carbonyl (C=O) groups excluding carboxylic acids is 2. The summed E-state index contributed by atoms with van der Waals surface area (Å²) in [5.74, 6) is -0.214. The standard InChI is InChI=1S/C31H23ClN6O3/c1-16-6-7-19(12-21(16)28(40)34-30-35-37-38-36-30)24-15-31(24)23-13-22(25(32)14-26(23)33-29(31)41)18-10-8-17(9-11-18)20-4-2-3-5-27(20)39/h2-14,24,39H,15H2,1H3,(H,33,41)(H2,34,35,36,37,38,40). The fraction of sp³-hybridized carbons (Fsp3) is 0.129. The van der Waals surface area contributed by atoms with Gasteiger partial charge >= 0.3 is 0 Å². The van der Waals surface area contributed by atoms with Gasteiger partial charge in [0.25, 0.3) is 11.9 Å². The van der Waals surface area contributed by atoms with Gasteiger partial charge in [-0.05, 0) is 70.6 Å². The van der Waals surface area contributed by atoms with Crippen LogP contribution in [0, 0.1) is 6.92 Å². The third-order valence-corrected chi connectivity index (χ3v) is 8.41. The van der Waals surface area contributed by atoms with Crippen LogP contribution in [0.4, 0.5) is 11.6 Å². The third kappa shape index (κ3) is 4.05. The lowest BCUT2D eigenvalue weighted by atomic mass is 9.89. The number of amides is 2. The van der Waals surface area contributed by atoms with Crippen molar-refractivity contribution < 1.29 is 14.7 Å². The Hall–Kier alpha value is -5.02. The number of para-hydroxylation sites is 1. The number of aryl methyl sites for hydroxylation is 1. The Labute approximate surface area is 239 Å². The van der Waals surface area contributed by atoms with Gasteiger partial charge in [-0.3, -0.25) is 14.9 Å². The second kappa shape index (κ2) is 9.28. The Kier molecular flexibility index (Phi) is 5.65. The summed E-state index contributed by atoms with van der Waals surface area (Å²) < 4.78 is 0. The van der Waals surface area contributed by atoms with Gasteiger partial charge in [-0.2, -0.15) is 5.21 Å². The van der Waals surface area contributed by atoms with Crippen molar-refractivity contribution in [3.63, 3.8) is 0 Å². The molecule has 2 amide bonds. The molecule has 2 unspecified atom stereocenters. The van der Waals surface area contributed by atoms with Crippen molar-refractivity contribution >= 4 is 35.1 Å². The molecule has 0 radical (unpaired) electrons. The van der Waals surface area contributed by atoms with Crippen molar-refractivity contribution in [2.45, 2.75) is 24.7 Å². The maximum atomic E-state index is 13.4. The molecule has 202 valence electrons. The minimum atomic E-state index is -0.735. The van der Waals surface area contributed by atoms with Crippen LogP contribution in [-0.2, 0) is 10.2 Å². The van der Waals surface area contributed by atoms with Crippen LogP contribution in [0.15, 0.2) is 78.9 Å². The molecule has 1 fully saturated rings. The van der Waals surface area contributed by atoms with Crippen LogP contribution in [0.2, 0.25) is 5.02 Å². The van der Waals surface area contributed by atoms with Gasteiger partial charge in [-0.25, -0.2) is 0 Å². The number of aromatic nitrogens is 4. The first-order valence-electron chi connectivity index (χ1n) is 13.0. The number of tetrazole rings is 1.